The highest BCUT2D eigenvalue weighted by atomic mass is 35.5. The first-order valence-corrected chi connectivity index (χ1v) is 4.71. The lowest BCUT2D eigenvalue weighted by Gasteiger charge is -2.20. The first-order valence-electron chi connectivity index (χ1n) is 4.18. The summed E-state index contributed by atoms with van der Waals surface area (Å²) < 4.78 is 0. The van der Waals surface area contributed by atoms with Gasteiger partial charge in [0.25, 0.3) is 0 Å². The van der Waals surface area contributed by atoms with E-state index in [4.69, 9.17) is 16.9 Å². The number of amides is 1. The van der Waals surface area contributed by atoms with Crippen LogP contribution in [0.2, 0.25) is 0 Å². The molecule has 0 spiro atoms. The minimum Gasteiger partial charge on any atom is -0.354 e. The molecule has 0 heterocycles. The fourth-order valence-corrected chi connectivity index (χ4v) is 0.713. The Morgan fingerprint density at radius 3 is 2.62 bits per heavy atom. The Balaban J connectivity index is 3.97. The number of hydrogen-bond donors (Lipinski definition) is 1. The van der Waals surface area contributed by atoms with Crippen molar-refractivity contribution in [3.05, 3.63) is 0 Å². The van der Waals surface area contributed by atoms with Gasteiger partial charge in [0, 0.05) is 12.4 Å². The predicted octanol–water partition coefficient (Wildman–Crippen LogP) is 1.53. The maximum atomic E-state index is 11.4. The third-order valence-corrected chi connectivity index (χ3v) is 2.41. The summed E-state index contributed by atoms with van der Waals surface area (Å²) in [6.07, 6.45) is 0. The Bertz CT molecular complexity index is 220. The molecule has 0 aromatic carbocycles. The lowest BCUT2D eigenvalue weighted by molar-refractivity contribution is -0.128. The van der Waals surface area contributed by atoms with Gasteiger partial charge in [-0.2, -0.15) is 5.26 Å². The highest BCUT2D eigenvalue weighted by molar-refractivity contribution is 6.19. The maximum Gasteiger partial charge on any atom is 0.226 e. The van der Waals surface area contributed by atoms with Crippen LogP contribution in [0, 0.1) is 22.7 Å². The standard InChI is InChI=1S/C9H15ClN2O/c1-7(4-11)5-12-8(13)9(2,3)6-10/h7H,5-6H2,1-3H3,(H,12,13). The first kappa shape index (κ1) is 12.2. The van der Waals surface area contributed by atoms with Crippen molar-refractivity contribution in [2.45, 2.75) is 20.8 Å². The molecule has 0 saturated carbocycles. The normalized spacial score (nSPS) is 13.2. The summed E-state index contributed by atoms with van der Waals surface area (Å²) in [5.74, 6) is 0.0134. The molecule has 1 amide bonds. The van der Waals surface area contributed by atoms with Gasteiger partial charge in [0.2, 0.25) is 5.91 Å². The van der Waals surface area contributed by atoms with Crippen LogP contribution in [0.3, 0.4) is 0 Å². The molecule has 0 fully saturated rings. The van der Waals surface area contributed by atoms with Crippen LogP contribution < -0.4 is 5.32 Å². The summed E-state index contributed by atoms with van der Waals surface area (Å²) in [6, 6.07) is 2.04. The minimum absolute atomic E-state index is 0.107. The number of nitrogens with one attached hydrogen (secondary N) is 1. The number of carbonyl (C=O) groups is 1. The maximum absolute atomic E-state index is 11.4. The van der Waals surface area contributed by atoms with Crippen LogP contribution >= 0.6 is 11.6 Å². The van der Waals surface area contributed by atoms with Crippen LogP contribution in [-0.4, -0.2) is 18.3 Å². The summed E-state index contributed by atoms with van der Waals surface area (Å²) in [4.78, 5) is 11.4. The van der Waals surface area contributed by atoms with Crippen molar-refractivity contribution in [1.82, 2.24) is 5.32 Å². The molecule has 0 aromatic heterocycles. The average Bonchev–Trinajstić information content (AvgIpc) is 2.13. The third-order valence-electron chi connectivity index (χ3n) is 1.74. The van der Waals surface area contributed by atoms with E-state index < -0.39 is 5.41 Å². The van der Waals surface area contributed by atoms with Gasteiger partial charge in [0.05, 0.1) is 17.4 Å². The van der Waals surface area contributed by atoms with Crippen molar-refractivity contribution >= 4 is 17.5 Å². The molecule has 1 unspecified atom stereocenters. The monoisotopic (exact) mass is 202 g/mol. The van der Waals surface area contributed by atoms with Crippen molar-refractivity contribution in [3.63, 3.8) is 0 Å². The molecule has 0 rings (SSSR count). The van der Waals surface area contributed by atoms with Gasteiger partial charge in [-0.15, -0.1) is 11.6 Å². The van der Waals surface area contributed by atoms with E-state index in [0.717, 1.165) is 0 Å². The molecular weight excluding hydrogens is 188 g/mol. The average molecular weight is 203 g/mol. The second kappa shape index (κ2) is 5.08. The van der Waals surface area contributed by atoms with E-state index in [1.165, 1.54) is 0 Å². The number of nitrogens with zero attached hydrogens (tertiary/aromatic N) is 1. The summed E-state index contributed by atoms with van der Waals surface area (Å²) in [6.45, 7) is 5.68. The van der Waals surface area contributed by atoms with E-state index in [1.54, 1.807) is 20.8 Å². The molecule has 0 saturated heterocycles. The Hall–Kier alpha value is -0.750. The second-order valence-corrected chi connectivity index (χ2v) is 4.02. The van der Waals surface area contributed by atoms with E-state index in [0.29, 0.717) is 6.54 Å². The molecule has 74 valence electrons. The summed E-state index contributed by atoms with van der Waals surface area (Å²) in [5.41, 5.74) is -0.559. The van der Waals surface area contributed by atoms with E-state index in [1.807, 2.05) is 6.07 Å². The zero-order chi connectivity index (χ0) is 10.5. The topological polar surface area (TPSA) is 52.9 Å². The first-order chi connectivity index (χ1) is 5.94. The molecule has 13 heavy (non-hydrogen) atoms. The highest BCUT2D eigenvalue weighted by Crippen LogP contribution is 2.16. The minimum atomic E-state index is -0.559. The fraction of sp³-hybridized carbons (Fsp3) is 0.778. The van der Waals surface area contributed by atoms with Crippen molar-refractivity contribution < 1.29 is 4.79 Å². The van der Waals surface area contributed by atoms with E-state index in [2.05, 4.69) is 5.32 Å². The Morgan fingerprint density at radius 2 is 2.23 bits per heavy atom. The second-order valence-electron chi connectivity index (χ2n) is 3.76. The molecular formula is C9H15ClN2O. The van der Waals surface area contributed by atoms with Crippen LogP contribution in [-0.2, 0) is 4.79 Å². The Kier molecular flexibility index (Phi) is 4.79. The number of alkyl halides is 1. The van der Waals surface area contributed by atoms with Crippen molar-refractivity contribution in [1.29, 1.82) is 5.26 Å². The molecule has 0 aliphatic heterocycles. The van der Waals surface area contributed by atoms with Gasteiger partial charge in [-0.3, -0.25) is 4.79 Å². The SMILES string of the molecule is CC(C#N)CNC(=O)C(C)(C)CCl. The third kappa shape index (κ3) is 4.14. The Morgan fingerprint density at radius 1 is 1.69 bits per heavy atom. The highest BCUT2D eigenvalue weighted by Gasteiger charge is 2.26. The smallest absolute Gasteiger partial charge is 0.226 e. The van der Waals surface area contributed by atoms with Crippen molar-refractivity contribution in [2.24, 2.45) is 11.3 Å². The van der Waals surface area contributed by atoms with Crippen LogP contribution in [0.1, 0.15) is 20.8 Å². The summed E-state index contributed by atoms with van der Waals surface area (Å²) in [7, 11) is 0. The van der Waals surface area contributed by atoms with E-state index >= 15 is 0 Å². The molecule has 1 N–H and O–H groups in total. The van der Waals surface area contributed by atoms with Gasteiger partial charge in [-0.1, -0.05) is 0 Å². The summed E-state index contributed by atoms with van der Waals surface area (Å²) in [5, 5.41) is 11.2. The van der Waals surface area contributed by atoms with Gasteiger partial charge in [-0.25, -0.2) is 0 Å². The van der Waals surface area contributed by atoms with Gasteiger partial charge in [0.1, 0.15) is 0 Å². The molecule has 1 atom stereocenters. The van der Waals surface area contributed by atoms with E-state index in [-0.39, 0.29) is 17.7 Å². The molecule has 4 heteroatoms. The zero-order valence-electron chi connectivity index (χ0n) is 8.22. The molecule has 0 aliphatic carbocycles. The number of halogens is 1. The lowest BCUT2D eigenvalue weighted by Crippen LogP contribution is -2.39. The van der Waals surface area contributed by atoms with Crippen LogP contribution in [0.25, 0.3) is 0 Å². The van der Waals surface area contributed by atoms with Crippen LogP contribution in [0.5, 0.6) is 0 Å². The van der Waals surface area contributed by atoms with Crippen molar-refractivity contribution in [2.75, 3.05) is 12.4 Å². The van der Waals surface area contributed by atoms with Gasteiger partial charge in [-0.05, 0) is 20.8 Å². The molecule has 0 radical (unpaired) electrons. The number of carbonyl (C=O) groups excluding carboxylic acids is 1. The number of hydrogen-bond acceptors (Lipinski definition) is 2. The lowest BCUT2D eigenvalue weighted by atomic mass is 9.95. The molecule has 0 bridgehead atoms. The quantitative estimate of drug-likeness (QED) is 0.703. The fourth-order valence-electron chi connectivity index (χ4n) is 0.591. The largest absolute Gasteiger partial charge is 0.354 e. The van der Waals surface area contributed by atoms with Gasteiger partial charge >= 0.3 is 0 Å². The molecule has 3 nitrogen and oxygen atoms in total. The summed E-state index contributed by atoms with van der Waals surface area (Å²) >= 11 is 5.61. The predicted molar refractivity (Wildman–Crippen MR) is 52.3 cm³/mol. The van der Waals surface area contributed by atoms with E-state index in [9.17, 15) is 4.79 Å². The number of nitriles is 1. The van der Waals surface area contributed by atoms with Gasteiger partial charge in [0.15, 0.2) is 0 Å². The van der Waals surface area contributed by atoms with Crippen LogP contribution in [0.4, 0.5) is 0 Å². The number of rotatable bonds is 4. The van der Waals surface area contributed by atoms with Crippen LogP contribution in [0.15, 0.2) is 0 Å². The molecule has 0 aliphatic rings. The molecule has 0 aromatic rings. The van der Waals surface area contributed by atoms with Crippen molar-refractivity contribution in [3.8, 4) is 6.07 Å². The Labute approximate surface area is 84.1 Å². The zero-order valence-corrected chi connectivity index (χ0v) is 8.98. The van der Waals surface area contributed by atoms with Gasteiger partial charge < -0.3 is 5.32 Å².